The van der Waals surface area contributed by atoms with E-state index in [-0.39, 0.29) is 6.10 Å². The number of aliphatic hydroxyl groups is 1. The summed E-state index contributed by atoms with van der Waals surface area (Å²) in [5, 5.41) is 10.8. The minimum absolute atomic E-state index is 0.296. The highest BCUT2D eigenvalue weighted by Gasteiger charge is 2.30. The third kappa shape index (κ3) is 3.22. The zero-order valence-electron chi connectivity index (χ0n) is 12.2. The smallest absolute Gasteiger partial charge is 0.0821 e. The molecule has 1 aliphatic rings. The molecule has 0 spiro atoms. The van der Waals surface area contributed by atoms with Crippen LogP contribution in [-0.2, 0) is 0 Å². The lowest BCUT2D eigenvalue weighted by Gasteiger charge is -2.34. The molecule has 0 heterocycles. The van der Waals surface area contributed by atoms with Crippen LogP contribution in [0.5, 0.6) is 0 Å². The van der Waals surface area contributed by atoms with Gasteiger partial charge in [0.1, 0.15) is 0 Å². The Morgan fingerprint density at radius 3 is 2.37 bits per heavy atom. The van der Waals surface area contributed by atoms with E-state index in [2.05, 4.69) is 48.8 Å². The first-order chi connectivity index (χ1) is 9.04. The molecule has 1 aliphatic carbocycles. The predicted octanol–water partition coefficient (Wildman–Crippen LogP) is 5.32. The van der Waals surface area contributed by atoms with E-state index < -0.39 is 0 Å². The van der Waals surface area contributed by atoms with Gasteiger partial charge in [-0.05, 0) is 48.8 Å². The van der Waals surface area contributed by atoms with Crippen LogP contribution in [0.3, 0.4) is 0 Å². The summed E-state index contributed by atoms with van der Waals surface area (Å²) < 4.78 is 1.17. The third-order valence-electron chi connectivity index (χ3n) is 4.70. The fourth-order valence-corrected chi connectivity index (χ4v) is 3.79. The van der Waals surface area contributed by atoms with Crippen LogP contribution < -0.4 is 0 Å². The molecule has 1 aromatic rings. The van der Waals surface area contributed by atoms with Gasteiger partial charge in [-0.15, -0.1) is 0 Å². The first-order valence-corrected chi connectivity index (χ1v) is 8.28. The lowest BCUT2D eigenvalue weighted by atomic mass is 9.73. The second-order valence-corrected chi connectivity index (χ2v) is 6.82. The van der Waals surface area contributed by atoms with Gasteiger partial charge in [-0.25, -0.2) is 0 Å². The van der Waals surface area contributed by atoms with Crippen LogP contribution in [0.4, 0.5) is 0 Å². The summed E-state index contributed by atoms with van der Waals surface area (Å²) in [5.74, 6) is 1.13. The van der Waals surface area contributed by atoms with E-state index in [9.17, 15) is 5.11 Å². The van der Waals surface area contributed by atoms with Gasteiger partial charge in [-0.3, -0.25) is 0 Å². The Hall–Kier alpha value is -0.340. The first kappa shape index (κ1) is 15.1. The summed E-state index contributed by atoms with van der Waals surface area (Å²) in [7, 11) is 0. The minimum atomic E-state index is -0.296. The molecule has 2 heteroatoms. The van der Waals surface area contributed by atoms with Gasteiger partial charge < -0.3 is 5.11 Å². The molecule has 3 unspecified atom stereocenters. The van der Waals surface area contributed by atoms with Crippen LogP contribution in [0.2, 0.25) is 0 Å². The normalized spacial score (nSPS) is 25.3. The van der Waals surface area contributed by atoms with Crippen molar-refractivity contribution in [3.05, 3.63) is 33.3 Å². The van der Waals surface area contributed by atoms with Gasteiger partial charge in [0.25, 0.3) is 0 Å². The number of halogens is 1. The summed E-state index contributed by atoms with van der Waals surface area (Å²) in [6.45, 7) is 6.46. The van der Waals surface area contributed by atoms with Gasteiger partial charge in [0.05, 0.1) is 6.10 Å². The van der Waals surface area contributed by atoms with Crippen LogP contribution in [0.25, 0.3) is 0 Å². The molecular weight excluding hydrogens is 300 g/mol. The van der Waals surface area contributed by atoms with Crippen molar-refractivity contribution in [3.63, 3.8) is 0 Å². The maximum Gasteiger partial charge on any atom is 0.0821 e. The van der Waals surface area contributed by atoms with E-state index in [4.69, 9.17) is 0 Å². The molecule has 1 nitrogen and oxygen atoms in total. The molecule has 1 fully saturated rings. The molecule has 1 saturated carbocycles. The SMILES string of the molecule is CCC1CCCCC1C(O)c1cc(C)c(Br)c(C)c1. The number of aliphatic hydroxyl groups excluding tert-OH is 1. The highest BCUT2D eigenvalue weighted by Crippen LogP contribution is 2.41. The maximum atomic E-state index is 10.8. The van der Waals surface area contributed by atoms with Crippen molar-refractivity contribution in [2.24, 2.45) is 11.8 Å². The molecule has 3 atom stereocenters. The highest BCUT2D eigenvalue weighted by molar-refractivity contribution is 9.10. The van der Waals surface area contributed by atoms with Crippen LogP contribution in [0, 0.1) is 25.7 Å². The average Bonchev–Trinajstić information content (AvgIpc) is 2.43. The molecule has 0 radical (unpaired) electrons. The largest absolute Gasteiger partial charge is 0.388 e. The Balaban J connectivity index is 2.25. The molecule has 0 aliphatic heterocycles. The Morgan fingerprint density at radius 1 is 1.21 bits per heavy atom. The second-order valence-electron chi connectivity index (χ2n) is 6.03. The molecule has 106 valence electrons. The van der Waals surface area contributed by atoms with Crippen molar-refractivity contribution in [2.45, 2.75) is 59.0 Å². The van der Waals surface area contributed by atoms with E-state index >= 15 is 0 Å². The number of aryl methyl sites for hydroxylation is 2. The quantitative estimate of drug-likeness (QED) is 0.798. The fraction of sp³-hybridized carbons (Fsp3) is 0.647. The summed E-state index contributed by atoms with van der Waals surface area (Å²) >= 11 is 3.60. The van der Waals surface area contributed by atoms with Crippen molar-refractivity contribution in [1.29, 1.82) is 0 Å². The Bertz CT molecular complexity index is 418. The molecule has 0 aromatic heterocycles. The maximum absolute atomic E-state index is 10.8. The van der Waals surface area contributed by atoms with Gasteiger partial charge in [0, 0.05) is 4.47 Å². The molecule has 2 rings (SSSR count). The monoisotopic (exact) mass is 324 g/mol. The average molecular weight is 325 g/mol. The highest BCUT2D eigenvalue weighted by atomic mass is 79.9. The van der Waals surface area contributed by atoms with Gasteiger partial charge in [-0.1, -0.05) is 60.7 Å². The predicted molar refractivity (Wildman–Crippen MR) is 84.3 cm³/mol. The number of benzene rings is 1. The van der Waals surface area contributed by atoms with E-state index in [0.29, 0.717) is 11.8 Å². The van der Waals surface area contributed by atoms with Gasteiger partial charge in [0.15, 0.2) is 0 Å². The molecule has 0 amide bonds. The lowest BCUT2D eigenvalue weighted by Crippen LogP contribution is -2.25. The van der Waals surface area contributed by atoms with E-state index in [1.165, 1.54) is 47.7 Å². The number of rotatable bonds is 3. The van der Waals surface area contributed by atoms with Crippen molar-refractivity contribution < 1.29 is 5.11 Å². The van der Waals surface area contributed by atoms with Crippen molar-refractivity contribution >= 4 is 15.9 Å². The Morgan fingerprint density at radius 2 is 1.79 bits per heavy atom. The Labute approximate surface area is 125 Å². The molecule has 0 saturated heterocycles. The lowest BCUT2D eigenvalue weighted by molar-refractivity contribution is 0.0451. The van der Waals surface area contributed by atoms with Gasteiger partial charge in [0.2, 0.25) is 0 Å². The topological polar surface area (TPSA) is 20.2 Å². The molecule has 0 bridgehead atoms. The van der Waals surface area contributed by atoms with Crippen molar-refractivity contribution in [2.75, 3.05) is 0 Å². The fourth-order valence-electron chi connectivity index (χ4n) is 3.56. The van der Waals surface area contributed by atoms with Crippen LogP contribution in [0.15, 0.2) is 16.6 Å². The van der Waals surface area contributed by atoms with Crippen LogP contribution in [-0.4, -0.2) is 5.11 Å². The summed E-state index contributed by atoms with van der Waals surface area (Å²) in [4.78, 5) is 0. The standard InChI is InChI=1S/C17H25BrO/c1-4-13-7-5-6-8-15(13)17(19)14-9-11(2)16(18)12(3)10-14/h9-10,13,15,17,19H,4-8H2,1-3H3. The zero-order valence-corrected chi connectivity index (χ0v) is 13.8. The molecule has 1 aromatic carbocycles. The number of hydrogen-bond donors (Lipinski definition) is 1. The zero-order chi connectivity index (χ0) is 14.0. The van der Waals surface area contributed by atoms with E-state index in [1.807, 2.05) is 0 Å². The van der Waals surface area contributed by atoms with Gasteiger partial charge >= 0.3 is 0 Å². The summed E-state index contributed by atoms with van der Waals surface area (Å²) in [5.41, 5.74) is 3.54. The molecular formula is C17H25BrO. The Kier molecular flexibility index (Phi) is 5.08. The van der Waals surface area contributed by atoms with Gasteiger partial charge in [-0.2, -0.15) is 0 Å². The van der Waals surface area contributed by atoms with E-state index in [1.54, 1.807) is 0 Å². The third-order valence-corrected chi connectivity index (χ3v) is 5.95. The van der Waals surface area contributed by atoms with Crippen LogP contribution in [0.1, 0.15) is 61.8 Å². The van der Waals surface area contributed by atoms with Crippen LogP contribution >= 0.6 is 15.9 Å². The summed E-state index contributed by atoms with van der Waals surface area (Å²) in [6.07, 6.45) is 5.96. The second kappa shape index (κ2) is 6.41. The summed E-state index contributed by atoms with van der Waals surface area (Å²) in [6, 6.07) is 4.28. The van der Waals surface area contributed by atoms with E-state index in [0.717, 1.165) is 5.56 Å². The van der Waals surface area contributed by atoms with Crippen molar-refractivity contribution in [1.82, 2.24) is 0 Å². The first-order valence-electron chi connectivity index (χ1n) is 7.49. The number of hydrogen-bond acceptors (Lipinski definition) is 1. The molecule has 1 N–H and O–H groups in total. The molecule has 19 heavy (non-hydrogen) atoms. The minimum Gasteiger partial charge on any atom is -0.388 e. The van der Waals surface area contributed by atoms with Crippen molar-refractivity contribution in [3.8, 4) is 0 Å².